The van der Waals surface area contributed by atoms with Crippen LogP contribution in [0.3, 0.4) is 0 Å². The number of nitrogens with zero attached hydrogens (tertiary/aromatic N) is 3. The molecule has 0 spiro atoms. The fourth-order valence-corrected chi connectivity index (χ4v) is 1.44. The summed E-state index contributed by atoms with van der Waals surface area (Å²) in [4.78, 5) is 2.36. The Hall–Kier alpha value is -0.870. The molecule has 80 valence electrons. The lowest BCUT2D eigenvalue weighted by Gasteiger charge is -2.18. The quantitative estimate of drug-likeness (QED) is 0.724. The number of hydrogen-bond donors (Lipinski definition) is 1. The summed E-state index contributed by atoms with van der Waals surface area (Å²) in [5.41, 5.74) is 6.61. The smallest absolute Gasteiger partial charge is 0.0764 e. The first-order valence-electron chi connectivity index (χ1n) is 5.17. The van der Waals surface area contributed by atoms with Gasteiger partial charge in [0.25, 0.3) is 0 Å². The standard InChI is InChI=1S/C10H20N4/c1-3-14(7-4-6-11)9-10-5-8-13(2)12-10/h5,8H,3-4,6-7,9,11H2,1-2H3. The Morgan fingerprint density at radius 3 is 2.86 bits per heavy atom. The van der Waals surface area contributed by atoms with Gasteiger partial charge in [0.05, 0.1) is 5.69 Å². The molecule has 0 aliphatic carbocycles. The van der Waals surface area contributed by atoms with E-state index in [0.29, 0.717) is 0 Å². The van der Waals surface area contributed by atoms with Crippen molar-refractivity contribution >= 4 is 0 Å². The maximum atomic E-state index is 5.48. The molecule has 0 saturated carbocycles. The van der Waals surface area contributed by atoms with E-state index in [1.165, 1.54) is 0 Å². The molecule has 0 aliphatic heterocycles. The maximum Gasteiger partial charge on any atom is 0.0764 e. The second-order valence-electron chi connectivity index (χ2n) is 3.49. The Balaban J connectivity index is 2.40. The lowest BCUT2D eigenvalue weighted by molar-refractivity contribution is 0.274. The summed E-state index contributed by atoms with van der Waals surface area (Å²) in [6.45, 7) is 5.97. The molecule has 0 radical (unpaired) electrons. The van der Waals surface area contributed by atoms with Gasteiger partial charge < -0.3 is 5.73 Å². The Labute approximate surface area is 85.7 Å². The molecule has 0 bridgehead atoms. The van der Waals surface area contributed by atoms with Crippen molar-refractivity contribution in [3.8, 4) is 0 Å². The van der Waals surface area contributed by atoms with Crippen molar-refractivity contribution in [3.63, 3.8) is 0 Å². The average Bonchev–Trinajstić information content (AvgIpc) is 2.58. The van der Waals surface area contributed by atoms with Gasteiger partial charge in [-0.3, -0.25) is 9.58 Å². The molecular weight excluding hydrogens is 176 g/mol. The highest BCUT2D eigenvalue weighted by Gasteiger charge is 2.04. The van der Waals surface area contributed by atoms with Crippen LogP contribution in [0.15, 0.2) is 12.3 Å². The lowest BCUT2D eigenvalue weighted by atomic mass is 10.3. The summed E-state index contributed by atoms with van der Waals surface area (Å²) >= 11 is 0. The molecule has 0 atom stereocenters. The Kier molecular flexibility index (Phi) is 4.62. The third-order valence-electron chi connectivity index (χ3n) is 2.28. The van der Waals surface area contributed by atoms with Crippen LogP contribution in [0.25, 0.3) is 0 Å². The SMILES string of the molecule is CCN(CCCN)Cc1ccn(C)n1. The van der Waals surface area contributed by atoms with Crippen molar-refractivity contribution in [1.82, 2.24) is 14.7 Å². The van der Waals surface area contributed by atoms with Crippen molar-refractivity contribution in [2.45, 2.75) is 19.9 Å². The predicted octanol–water partition coefficient (Wildman–Crippen LogP) is 0.591. The summed E-state index contributed by atoms with van der Waals surface area (Å²) in [6.07, 6.45) is 3.03. The van der Waals surface area contributed by atoms with Crippen LogP contribution in [0.5, 0.6) is 0 Å². The lowest BCUT2D eigenvalue weighted by Crippen LogP contribution is -2.25. The molecule has 0 aliphatic rings. The molecule has 0 aromatic carbocycles. The Bertz CT molecular complexity index is 256. The van der Waals surface area contributed by atoms with Crippen LogP contribution in [0.4, 0.5) is 0 Å². The topological polar surface area (TPSA) is 47.1 Å². The fraction of sp³-hybridized carbons (Fsp3) is 0.700. The van der Waals surface area contributed by atoms with E-state index in [4.69, 9.17) is 5.73 Å². The zero-order valence-corrected chi connectivity index (χ0v) is 9.11. The second kappa shape index (κ2) is 5.78. The van der Waals surface area contributed by atoms with Gasteiger partial charge in [-0.05, 0) is 32.1 Å². The van der Waals surface area contributed by atoms with Crippen molar-refractivity contribution in [2.75, 3.05) is 19.6 Å². The van der Waals surface area contributed by atoms with Crippen molar-refractivity contribution in [3.05, 3.63) is 18.0 Å². The number of hydrogen-bond acceptors (Lipinski definition) is 3. The average molecular weight is 196 g/mol. The van der Waals surface area contributed by atoms with E-state index in [0.717, 1.165) is 38.3 Å². The first-order chi connectivity index (χ1) is 6.76. The number of rotatable bonds is 6. The zero-order valence-electron chi connectivity index (χ0n) is 9.11. The van der Waals surface area contributed by atoms with Gasteiger partial charge in [-0.2, -0.15) is 5.10 Å². The van der Waals surface area contributed by atoms with E-state index in [9.17, 15) is 0 Å². The van der Waals surface area contributed by atoms with Gasteiger partial charge in [-0.25, -0.2) is 0 Å². The largest absolute Gasteiger partial charge is 0.330 e. The summed E-state index contributed by atoms with van der Waals surface area (Å²) < 4.78 is 1.84. The summed E-state index contributed by atoms with van der Waals surface area (Å²) in [7, 11) is 1.94. The highest BCUT2D eigenvalue weighted by Crippen LogP contribution is 2.01. The molecule has 4 nitrogen and oxygen atoms in total. The van der Waals surface area contributed by atoms with Crippen LogP contribution >= 0.6 is 0 Å². The molecule has 1 aromatic heterocycles. The molecule has 0 unspecified atom stereocenters. The third-order valence-corrected chi connectivity index (χ3v) is 2.28. The zero-order chi connectivity index (χ0) is 10.4. The van der Waals surface area contributed by atoms with Gasteiger partial charge in [0.15, 0.2) is 0 Å². The molecule has 14 heavy (non-hydrogen) atoms. The van der Waals surface area contributed by atoms with Crippen LogP contribution in [0, 0.1) is 0 Å². The van der Waals surface area contributed by atoms with Gasteiger partial charge in [-0.1, -0.05) is 6.92 Å². The van der Waals surface area contributed by atoms with E-state index in [1.807, 2.05) is 17.9 Å². The minimum absolute atomic E-state index is 0.763. The van der Waals surface area contributed by atoms with Crippen LogP contribution in [-0.2, 0) is 13.6 Å². The molecule has 1 aromatic rings. The Morgan fingerprint density at radius 1 is 1.57 bits per heavy atom. The van der Waals surface area contributed by atoms with Crippen molar-refractivity contribution in [1.29, 1.82) is 0 Å². The van der Waals surface area contributed by atoms with Crippen LogP contribution < -0.4 is 5.73 Å². The molecule has 0 saturated heterocycles. The predicted molar refractivity (Wildman–Crippen MR) is 57.8 cm³/mol. The summed E-state index contributed by atoms with van der Waals surface area (Å²) in [5, 5.41) is 4.35. The monoisotopic (exact) mass is 196 g/mol. The van der Waals surface area contributed by atoms with Gasteiger partial charge in [0, 0.05) is 19.8 Å². The minimum atomic E-state index is 0.763. The van der Waals surface area contributed by atoms with Crippen molar-refractivity contribution in [2.24, 2.45) is 12.8 Å². The normalized spacial score (nSPS) is 11.1. The van der Waals surface area contributed by atoms with Gasteiger partial charge in [0.2, 0.25) is 0 Å². The van der Waals surface area contributed by atoms with E-state index in [-0.39, 0.29) is 0 Å². The highest BCUT2D eigenvalue weighted by atomic mass is 15.3. The van der Waals surface area contributed by atoms with Crippen LogP contribution in [0.2, 0.25) is 0 Å². The molecule has 0 amide bonds. The second-order valence-corrected chi connectivity index (χ2v) is 3.49. The number of aryl methyl sites for hydroxylation is 1. The Morgan fingerprint density at radius 2 is 2.36 bits per heavy atom. The summed E-state index contributed by atoms with van der Waals surface area (Å²) in [6, 6.07) is 2.06. The molecule has 0 fully saturated rings. The first-order valence-corrected chi connectivity index (χ1v) is 5.17. The van der Waals surface area contributed by atoms with Crippen LogP contribution in [0.1, 0.15) is 19.0 Å². The van der Waals surface area contributed by atoms with E-state index in [1.54, 1.807) is 0 Å². The van der Waals surface area contributed by atoms with E-state index < -0.39 is 0 Å². The molecule has 4 heteroatoms. The number of aromatic nitrogens is 2. The number of nitrogens with two attached hydrogens (primary N) is 1. The molecule has 2 N–H and O–H groups in total. The minimum Gasteiger partial charge on any atom is -0.330 e. The van der Waals surface area contributed by atoms with Gasteiger partial charge in [0.1, 0.15) is 0 Å². The van der Waals surface area contributed by atoms with Gasteiger partial charge in [-0.15, -0.1) is 0 Å². The van der Waals surface area contributed by atoms with Gasteiger partial charge >= 0.3 is 0 Å². The highest BCUT2D eigenvalue weighted by molar-refractivity contribution is 4.98. The van der Waals surface area contributed by atoms with E-state index >= 15 is 0 Å². The molecular formula is C10H20N4. The molecule has 1 heterocycles. The summed E-state index contributed by atoms with van der Waals surface area (Å²) in [5.74, 6) is 0. The van der Waals surface area contributed by atoms with E-state index in [2.05, 4.69) is 23.0 Å². The first kappa shape index (κ1) is 11.2. The maximum absolute atomic E-state index is 5.48. The van der Waals surface area contributed by atoms with Crippen molar-refractivity contribution < 1.29 is 0 Å². The van der Waals surface area contributed by atoms with Crippen LogP contribution in [-0.4, -0.2) is 34.3 Å². The third kappa shape index (κ3) is 3.47. The molecule has 1 rings (SSSR count). The fourth-order valence-electron chi connectivity index (χ4n) is 1.44.